The molecule has 0 unspecified atom stereocenters. The van der Waals surface area contributed by atoms with Crippen LogP contribution < -0.4 is 4.90 Å². The Morgan fingerprint density at radius 1 is 1.21 bits per heavy atom. The van der Waals surface area contributed by atoms with Crippen LogP contribution in [0.2, 0.25) is 0 Å². The SMILES string of the molecule is CC.Cc1ncc(C2CCC2)cc1N1CCOCC1. The van der Waals surface area contributed by atoms with Crippen molar-refractivity contribution in [2.45, 2.75) is 46.0 Å². The fourth-order valence-electron chi connectivity index (χ4n) is 2.63. The van der Waals surface area contributed by atoms with Gasteiger partial charge in [-0.15, -0.1) is 0 Å². The number of aryl methyl sites for hydroxylation is 1. The molecule has 0 radical (unpaired) electrons. The van der Waals surface area contributed by atoms with Crippen LogP contribution in [-0.2, 0) is 4.74 Å². The molecule has 0 spiro atoms. The molecular weight excluding hydrogens is 236 g/mol. The molecule has 1 saturated heterocycles. The van der Waals surface area contributed by atoms with Crippen LogP contribution >= 0.6 is 0 Å². The molecule has 1 aliphatic heterocycles. The molecule has 0 amide bonds. The van der Waals surface area contributed by atoms with Crippen molar-refractivity contribution >= 4 is 5.69 Å². The molecule has 0 aromatic carbocycles. The molecule has 1 aromatic heterocycles. The fourth-order valence-corrected chi connectivity index (χ4v) is 2.63. The van der Waals surface area contributed by atoms with Crippen LogP contribution in [0.25, 0.3) is 0 Å². The van der Waals surface area contributed by atoms with Gasteiger partial charge in [0.05, 0.1) is 24.6 Å². The number of ether oxygens (including phenoxy) is 1. The third kappa shape index (κ3) is 3.27. The first-order chi connectivity index (χ1) is 9.34. The third-order valence-corrected chi connectivity index (χ3v) is 4.01. The Bertz CT molecular complexity index is 396. The Labute approximate surface area is 117 Å². The van der Waals surface area contributed by atoms with E-state index in [1.54, 1.807) is 0 Å². The number of hydrogen-bond donors (Lipinski definition) is 0. The molecule has 3 nitrogen and oxygen atoms in total. The van der Waals surface area contributed by atoms with Crippen molar-refractivity contribution in [3.05, 3.63) is 23.5 Å². The van der Waals surface area contributed by atoms with Crippen molar-refractivity contribution < 1.29 is 4.74 Å². The van der Waals surface area contributed by atoms with Gasteiger partial charge in [0.1, 0.15) is 0 Å². The number of aromatic nitrogens is 1. The number of pyridine rings is 1. The molecule has 106 valence electrons. The number of hydrogen-bond acceptors (Lipinski definition) is 3. The summed E-state index contributed by atoms with van der Waals surface area (Å²) >= 11 is 0. The molecule has 0 N–H and O–H groups in total. The van der Waals surface area contributed by atoms with Crippen LogP contribution in [0, 0.1) is 6.92 Å². The van der Waals surface area contributed by atoms with E-state index in [4.69, 9.17) is 4.74 Å². The quantitative estimate of drug-likeness (QED) is 0.815. The third-order valence-electron chi connectivity index (χ3n) is 4.01. The van der Waals surface area contributed by atoms with Crippen molar-refractivity contribution in [3.63, 3.8) is 0 Å². The highest BCUT2D eigenvalue weighted by Gasteiger charge is 2.22. The Balaban J connectivity index is 0.000000637. The topological polar surface area (TPSA) is 25.4 Å². The lowest BCUT2D eigenvalue weighted by Crippen LogP contribution is -2.36. The lowest BCUT2D eigenvalue weighted by Gasteiger charge is -2.32. The van der Waals surface area contributed by atoms with E-state index in [9.17, 15) is 0 Å². The first-order valence-corrected chi connectivity index (χ1v) is 7.64. The van der Waals surface area contributed by atoms with Crippen LogP contribution in [-0.4, -0.2) is 31.3 Å². The van der Waals surface area contributed by atoms with E-state index >= 15 is 0 Å². The normalized spacial score (nSPS) is 19.4. The second-order valence-corrected chi connectivity index (χ2v) is 5.10. The minimum atomic E-state index is 0.767. The minimum Gasteiger partial charge on any atom is -0.378 e. The molecule has 19 heavy (non-hydrogen) atoms. The lowest BCUT2D eigenvalue weighted by atomic mass is 9.80. The number of nitrogens with zero attached hydrogens (tertiary/aromatic N) is 2. The van der Waals surface area contributed by atoms with Gasteiger partial charge in [-0.2, -0.15) is 0 Å². The fraction of sp³-hybridized carbons (Fsp3) is 0.688. The van der Waals surface area contributed by atoms with Crippen molar-refractivity contribution in [2.75, 3.05) is 31.2 Å². The summed E-state index contributed by atoms with van der Waals surface area (Å²) < 4.78 is 5.41. The van der Waals surface area contributed by atoms with Gasteiger partial charge in [-0.3, -0.25) is 4.98 Å². The van der Waals surface area contributed by atoms with Gasteiger partial charge in [0.15, 0.2) is 0 Å². The van der Waals surface area contributed by atoms with E-state index in [1.165, 1.54) is 30.5 Å². The van der Waals surface area contributed by atoms with Crippen molar-refractivity contribution in [1.82, 2.24) is 4.98 Å². The summed E-state index contributed by atoms with van der Waals surface area (Å²) in [6.07, 6.45) is 6.13. The van der Waals surface area contributed by atoms with Crippen molar-refractivity contribution in [2.24, 2.45) is 0 Å². The van der Waals surface area contributed by atoms with E-state index in [0.29, 0.717) is 0 Å². The van der Waals surface area contributed by atoms with Gasteiger partial charge >= 0.3 is 0 Å². The van der Waals surface area contributed by atoms with Crippen LogP contribution in [0.15, 0.2) is 12.3 Å². The maximum absolute atomic E-state index is 5.41. The molecule has 2 aliphatic rings. The van der Waals surface area contributed by atoms with E-state index in [-0.39, 0.29) is 0 Å². The van der Waals surface area contributed by atoms with Gasteiger partial charge in [-0.1, -0.05) is 20.3 Å². The Kier molecular flexibility index (Phi) is 5.20. The molecule has 0 bridgehead atoms. The predicted octanol–water partition coefficient (Wildman–Crippen LogP) is 3.52. The van der Waals surface area contributed by atoms with Gasteiger partial charge in [0.2, 0.25) is 0 Å². The molecule has 3 rings (SSSR count). The van der Waals surface area contributed by atoms with Gasteiger partial charge in [0, 0.05) is 19.3 Å². The highest BCUT2D eigenvalue weighted by molar-refractivity contribution is 5.52. The van der Waals surface area contributed by atoms with E-state index in [2.05, 4.69) is 29.1 Å². The maximum atomic E-state index is 5.41. The average Bonchev–Trinajstić information content (AvgIpc) is 2.42. The summed E-state index contributed by atoms with van der Waals surface area (Å²) in [5.41, 5.74) is 3.90. The number of rotatable bonds is 2. The minimum absolute atomic E-state index is 0.767. The first kappa shape index (κ1) is 14.3. The van der Waals surface area contributed by atoms with Crippen molar-refractivity contribution in [3.8, 4) is 0 Å². The van der Waals surface area contributed by atoms with Gasteiger partial charge in [-0.05, 0) is 37.3 Å². The first-order valence-electron chi connectivity index (χ1n) is 7.64. The highest BCUT2D eigenvalue weighted by Crippen LogP contribution is 2.37. The zero-order chi connectivity index (χ0) is 13.7. The molecular formula is C16H26N2O. The second-order valence-electron chi connectivity index (χ2n) is 5.10. The molecule has 3 heteroatoms. The summed E-state index contributed by atoms with van der Waals surface area (Å²) in [6.45, 7) is 9.78. The number of anilines is 1. The smallest absolute Gasteiger partial charge is 0.0642 e. The number of morpholine rings is 1. The second kappa shape index (κ2) is 6.90. The van der Waals surface area contributed by atoms with Crippen LogP contribution in [0.3, 0.4) is 0 Å². The van der Waals surface area contributed by atoms with Crippen LogP contribution in [0.1, 0.15) is 50.3 Å². The Hall–Kier alpha value is -1.09. The summed E-state index contributed by atoms with van der Waals surface area (Å²) in [6, 6.07) is 2.36. The molecule has 1 saturated carbocycles. The van der Waals surface area contributed by atoms with Gasteiger partial charge in [-0.25, -0.2) is 0 Å². The van der Waals surface area contributed by atoms with Crippen molar-refractivity contribution in [1.29, 1.82) is 0 Å². The largest absolute Gasteiger partial charge is 0.378 e. The van der Waals surface area contributed by atoms with E-state index in [1.807, 2.05) is 13.8 Å². The van der Waals surface area contributed by atoms with Gasteiger partial charge in [0.25, 0.3) is 0 Å². The predicted molar refractivity (Wildman–Crippen MR) is 79.9 cm³/mol. The van der Waals surface area contributed by atoms with E-state index < -0.39 is 0 Å². The standard InChI is InChI=1S/C14H20N2O.C2H6/c1-11-14(16-5-7-17-8-6-16)9-13(10-15-11)12-3-2-4-12;1-2/h9-10,12H,2-8H2,1H3;1-2H3. The van der Waals surface area contributed by atoms with Gasteiger partial charge < -0.3 is 9.64 Å². The van der Waals surface area contributed by atoms with Crippen LogP contribution in [0.4, 0.5) is 5.69 Å². The summed E-state index contributed by atoms with van der Waals surface area (Å²) in [5.74, 6) is 0.767. The molecule has 0 atom stereocenters. The summed E-state index contributed by atoms with van der Waals surface area (Å²) in [4.78, 5) is 6.99. The molecule has 2 fully saturated rings. The molecule has 1 aromatic rings. The zero-order valence-electron chi connectivity index (χ0n) is 12.5. The Morgan fingerprint density at radius 3 is 2.47 bits per heavy atom. The highest BCUT2D eigenvalue weighted by atomic mass is 16.5. The summed E-state index contributed by atoms with van der Waals surface area (Å²) in [7, 11) is 0. The monoisotopic (exact) mass is 262 g/mol. The zero-order valence-corrected chi connectivity index (χ0v) is 12.5. The van der Waals surface area contributed by atoms with Crippen LogP contribution in [0.5, 0.6) is 0 Å². The Morgan fingerprint density at radius 2 is 1.89 bits per heavy atom. The lowest BCUT2D eigenvalue weighted by molar-refractivity contribution is 0.122. The van der Waals surface area contributed by atoms with E-state index in [0.717, 1.165) is 37.9 Å². The molecule has 2 heterocycles. The molecule has 1 aliphatic carbocycles. The summed E-state index contributed by atoms with van der Waals surface area (Å²) in [5, 5.41) is 0. The average molecular weight is 262 g/mol. The maximum Gasteiger partial charge on any atom is 0.0642 e.